The molecule has 0 N–H and O–H groups in total. The van der Waals surface area contributed by atoms with Gasteiger partial charge in [-0.2, -0.15) is 0 Å². The quantitative estimate of drug-likeness (QED) is 0.525. The van der Waals surface area contributed by atoms with Crippen molar-refractivity contribution in [3.63, 3.8) is 0 Å². The zero-order chi connectivity index (χ0) is 25.2. The van der Waals surface area contributed by atoms with E-state index in [1.54, 1.807) is 69.3 Å². The number of carbonyl (C=O) groups is 3. The molecule has 3 aromatic rings. The van der Waals surface area contributed by atoms with Gasteiger partial charge in [-0.25, -0.2) is 0 Å². The minimum Gasteiger partial charge on any atom is -0.497 e. The minimum atomic E-state index is -0.241. The van der Waals surface area contributed by atoms with Gasteiger partial charge < -0.3 is 14.4 Å². The fourth-order valence-electron chi connectivity index (χ4n) is 4.36. The molecule has 2 aliphatic heterocycles. The third-order valence-electron chi connectivity index (χ3n) is 6.28. The molecule has 2 aliphatic rings. The minimum absolute atomic E-state index is 0.0513. The molecule has 3 aromatic carbocycles. The average molecular weight is 506 g/mol. The van der Waals surface area contributed by atoms with E-state index in [0.717, 1.165) is 11.3 Å². The lowest BCUT2D eigenvalue weighted by Gasteiger charge is -2.37. The third-order valence-corrected chi connectivity index (χ3v) is 6.53. The van der Waals surface area contributed by atoms with Crippen molar-refractivity contribution < 1.29 is 23.9 Å². The topological polar surface area (TPSA) is 79.4 Å². The Balaban J connectivity index is 1.46. The van der Waals surface area contributed by atoms with E-state index in [4.69, 9.17) is 21.1 Å². The molecule has 184 valence electrons. The van der Waals surface area contributed by atoms with Gasteiger partial charge in [-0.15, -0.1) is 0 Å². The highest BCUT2D eigenvalue weighted by Gasteiger charge is 2.34. The molecule has 1 saturated heterocycles. The first-order valence-corrected chi connectivity index (χ1v) is 11.9. The van der Waals surface area contributed by atoms with Crippen LogP contribution in [0.4, 0.5) is 17.1 Å². The first kappa shape index (κ1) is 23.8. The molecule has 9 heteroatoms. The largest absolute Gasteiger partial charge is 0.497 e. The lowest BCUT2D eigenvalue weighted by atomic mass is 10.0. The zero-order valence-corrected chi connectivity index (χ0v) is 20.4. The van der Waals surface area contributed by atoms with Crippen molar-refractivity contribution in [3.8, 4) is 5.75 Å². The van der Waals surface area contributed by atoms with E-state index in [9.17, 15) is 14.4 Å². The summed E-state index contributed by atoms with van der Waals surface area (Å²) in [5.74, 6) is 0.0182. The van der Waals surface area contributed by atoms with E-state index in [1.807, 2.05) is 12.1 Å². The molecule has 0 radical (unpaired) electrons. The maximum absolute atomic E-state index is 13.5. The number of rotatable bonds is 5. The van der Waals surface area contributed by atoms with E-state index in [-0.39, 0.29) is 37.4 Å². The van der Waals surface area contributed by atoms with Crippen LogP contribution in [-0.4, -0.2) is 51.3 Å². The SMILES string of the molecule is COc1ccc2c(c1)C(=O)N(c1ccc(N3CCOCC3=O)cc1)CN2C(=O)Cc1ccc(Cl)cc1. The standard InChI is InChI=1S/C27H24ClN3O5/c1-35-22-10-11-24-23(15-22)27(34)30(17-31(24)25(32)14-18-2-4-19(28)5-3-18)21-8-6-20(7-9-21)29-12-13-36-16-26(29)33/h2-11,15H,12-14,16-17H2,1H3. The summed E-state index contributed by atoms with van der Waals surface area (Å²) in [4.78, 5) is 43.9. The van der Waals surface area contributed by atoms with Crippen LogP contribution in [0.1, 0.15) is 15.9 Å². The van der Waals surface area contributed by atoms with Crippen molar-refractivity contribution in [2.75, 3.05) is 48.2 Å². The van der Waals surface area contributed by atoms with Gasteiger partial charge in [0.25, 0.3) is 11.8 Å². The summed E-state index contributed by atoms with van der Waals surface area (Å²) < 4.78 is 10.5. The highest BCUT2D eigenvalue weighted by Crippen LogP contribution is 2.34. The second-order valence-corrected chi connectivity index (χ2v) is 8.93. The summed E-state index contributed by atoms with van der Waals surface area (Å²) in [6, 6.07) is 19.4. The number of benzene rings is 3. The second kappa shape index (κ2) is 10.0. The zero-order valence-electron chi connectivity index (χ0n) is 19.6. The van der Waals surface area contributed by atoms with Crippen molar-refractivity contribution in [3.05, 3.63) is 82.9 Å². The monoisotopic (exact) mass is 505 g/mol. The fraction of sp³-hybridized carbons (Fsp3) is 0.222. The van der Waals surface area contributed by atoms with E-state index in [2.05, 4.69) is 0 Å². The van der Waals surface area contributed by atoms with E-state index < -0.39 is 0 Å². The fourth-order valence-corrected chi connectivity index (χ4v) is 4.49. The van der Waals surface area contributed by atoms with Gasteiger partial charge in [0.1, 0.15) is 19.0 Å². The third kappa shape index (κ3) is 4.65. The number of hydrogen-bond donors (Lipinski definition) is 0. The lowest BCUT2D eigenvalue weighted by Crippen LogP contribution is -2.50. The first-order chi connectivity index (χ1) is 17.4. The van der Waals surface area contributed by atoms with Crippen molar-refractivity contribution in [1.82, 2.24) is 0 Å². The smallest absolute Gasteiger partial charge is 0.262 e. The van der Waals surface area contributed by atoms with Crippen molar-refractivity contribution in [1.29, 1.82) is 0 Å². The Bertz CT molecular complexity index is 1310. The molecule has 8 nitrogen and oxygen atoms in total. The lowest BCUT2D eigenvalue weighted by molar-refractivity contribution is -0.125. The predicted octanol–water partition coefficient (Wildman–Crippen LogP) is 3.91. The summed E-state index contributed by atoms with van der Waals surface area (Å²) in [7, 11) is 1.53. The number of halogens is 1. The van der Waals surface area contributed by atoms with Gasteiger partial charge in [-0.3, -0.25) is 24.2 Å². The van der Waals surface area contributed by atoms with Crippen LogP contribution in [0.5, 0.6) is 5.75 Å². The molecular formula is C27H24ClN3O5. The molecule has 0 aliphatic carbocycles. The Kier molecular flexibility index (Phi) is 6.63. The molecule has 0 aromatic heterocycles. The number of morpholine rings is 1. The number of fused-ring (bicyclic) bond motifs is 1. The van der Waals surface area contributed by atoms with Crippen LogP contribution in [0, 0.1) is 0 Å². The highest BCUT2D eigenvalue weighted by atomic mass is 35.5. The van der Waals surface area contributed by atoms with Gasteiger partial charge in [-0.05, 0) is 60.2 Å². The highest BCUT2D eigenvalue weighted by molar-refractivity contribution is 6.30. The van der Waals surface area contributed by atoms with Crippen LogP contribution < -0.4 is 19.4 Å². The molecule has 36 heavy (non-hydrogen) atoms. The molecule has 0 bridgehead atoms. The van der Waals surface area contributed by atoms with Gasteiger partial charge >= 0.3 is 0 Å². The number of hydrogen-bond acceptors (Lipinski definition) is 5. The van der Waals surface area contributed by atoms with Crippen molar-refractivity contribution in [2.45, 2.75) is 6.42 Å². The first-order valence-electron chi connectivity index (χ1n) is 11.5. The number of amides is 3. The summed E-state index contributed by atoms with van der Waals surface area (Å²) in [5, 5.41) is 0.598. The van der Waals surface area contributed by atoms with Crippen molar-refractivity contribution in [2.24, 2.45) is 0 Å². The van der Waals surface area contributed by atoms with Crippen LogP contribution in [0.3, 0.4) is 0 Å². The summed E-state index contributed by atoms with van der Waals surface area (Å²) >= 11 is 5.98. The predicted molar refractivity (Wildman–Crippen MR) is 137 cm³/mol. The van der Waals surface area contributed by atoms with Crippen molar-refractivity contribution >= 4 is 46.4 Å². The summed E-state index contributed by atoms with van der Waals surface area (Å²) in [6.07, 6.45) is 0.156. The van der Waals surface area contributed by atoms with E-state index in [1.165, 1.54) is 7.11 Å². The maximum Gasteiger partial charge on any atom is 0.262 e. The van der Waals surface area contributed by atoms with Crippen LogP contribution in [0.15, 0.2) is 66.7 Å². The van der Waals surface area contributed by atoms with Crippen LogP contribution in [0.25, 0.3) is 0 Å². The number of carbonyl (C=O) groups excluding carboxylic acids is 3. The summed E-state index contributed by atoms with van der Waals surface area (Å²) in [5.41, 5.74) is 3.07. The van der Waals surface area contributed by atoms with E-state index in [0.29, 0.717) is 40.9 Å². The number of anilines is 3. The van der Waals surface area contributed by atoms with Crippen LogP contribution >= 0.6 is 11.6 Å². The Morgan fingerprint density at radius 1 is 0.972 bits per heavy atom. The van der Waals surface area contributed by atoms with Crippen LogP contribution in [0.2, 0.25) is 5.02 Å². The van der Waals surface area contributed by atoms with Crippen LogP contribution in [-0.2, 0) is 20.7 Å². The molecule has 1 fully saturated rings. The maximum atomic E-state index is 13.5. The molecule has 0 saturated carbocycles. The van der Waals surface area contributed by atoms with Gasteiger partial charge in [0, 0.05) is 22.9 Å². The molecular weight excluding hydrogens is 482 g/mol. The molecule has 2 heterocycles. The Labute approximate surface area is 213 Å². The number of methoxy groups -OCH3 is 1. The average Bonchev–Trinajstić information content (AvgIpc) is 2.90. The molecule has 3 amide bonds. The number of nitrogens with zero attached hydrogens (tertiary/aromatic N) is 3. The Morgan fingerprint density at radius 3 is 2.33 bits per heavy atom. The van der Waals surface area contributed by atoms with Gasteiger partial charge in [-0.1, -0.05) is 23.7 Å². The normalized spacial score (nSPS) is 15.7. The molecule has 5 rings (SSSR count). The van der Waals surface area contributed by atoms with Gasteiger partial charge in [0.15, 0.2) is 0 Å². The van der Waals surface area contributed by atoms with Gasteiger partial charge in [0.05, 0.1) is 31.4 Å². The summed E-state index contributed by atoms with van der Waals surface area (Å²) in [6.45, 7) is 1.05. The Hall–Kier alpha value is -3.88. The molecule has 0 unspecified atom stereocenters. The Morgan fingerprint density at radius 2 is 1.67 bits per heavy atom. The molecule has 0 spiro atoms. The molecule has 0 atom stereocenters. The second-order valence-electron chi connectivity index (χ2n) is 8.50. The number of ether oxygens (including phenoxy) is 2. The van der Waals surface area contributed by atoms with E-state index >= 15 is 0 Å². The van der Waals surface area contributed by atoms with Gasteiger partial charge in [0.2, 0.25) is 5.91 Å².